The van der Waals surface area contributed by atoms with Gasteiger partial charge in [0.1, 0.15) is 17.3 Å². The highest BCUT2D eigenvalue weighted by atomic mass is 35.5. The van der Waals surface area contributed by atoms with Crippen LogP contribution in [0.5, 0.6) is 5.75 Å². The Morgan fingerprint density at radius 3 is 2.57 bits per heavy atom. The molecule has 0 atom stereocenters. The van der Waals surface area contributed by atoms with Gasteiger partial charge in [-0.2, -0.15) is 13.5 Å². The average molecular weight is 445 g/mol. The molecule has 0 fully saturated rings. The fraction of sp³-hybridized carbons (Fsp3) is 0.0476. The fourth-order valence-electron chi connectivity index (χ4n) is 3.21. The Labute approximate surface area is 176 Å². The van der Waals surface area contributed by atoms with Gasteiger partial charge in [-0.05, 0) is 42.0 Å². The van der Waals surface area contributed by atoms with E-state index in [0.29, 0.717) is 43.9 Å². The Kier molecular flexibility index (Phi) is 5.15. The molecule has 0 aliphatic carbocycles. The molecule has 1 aromatic heterocycles. The molecule has 0 saturated heterocycles. The minimum absolute atomic E-state index is 0.250. The highest BCUT2D eigenvalue weighted by Gasteiger charge is 2.18. The van der Waals surface area contributed by atoms with E-state index < -0.39 is 10.1 Å². The van der Waals surface area contributed by atoms with Gasteiger partial charge in [0.2, 0.25) is 0 Å². The van der Waals surface area contributed by atoms with Crippen LogP contribution in [0.25, 0.3) is 33.2 Å². The van der Waals surface area contributed by atoms with Gasteiger partial charge in [-0.3, -0.25) is 4.55 Å². The van der Waals surface area contributed by atoms with E-state index in [9.17, 15) is 17.4 Å². The van der Waals surface area contributed by atoms with Crippen LogP contribution < -0.4 is 4.74 Å². The fourth-order valence-corrected chi connectivity index (χ4v) is 4.00. The van der Waals surface area contributed by atoms with Crippen molar-refractivity contribution in [3.05, 3.63) is 71.6 Å². The third kappa shape index (κ3) is 3.72. The predicted octanol–water partition coefficient (Wildman–Crippen LogP) is 5.01. The first-order valence-corrected chi connectivity index (χ1v) is 10.5. The topological polar surface area (TPSA) is 89.4 Å². The van der Waals surface area contributed by atoms with Gasteiger partial charge in [-0.1, -0.05) is 29.8 Å². The number of aromatic nitrogens is 2. The molecule has 1 heterocycles. The molecular formula is C21H14ClFN2O4S. The summed E-state index contributed by atoms with van der Waals surface area (Å²) in [6.07, 6.45) is 1.39. The van der Waals surface area contributed by atoms with Gasteiger partial charge in [0.25, 0.3) is 10.1 Å². The predicted molar refractivity (Wildman–Crippen MR) is 112 cm³/mol. The van der Waals surface area contributed by atoms with Gasteiger partial charge in [0, 0.05) is 26.9 Å². The Hall–Kier alpha value is -3.07. The molecule has 0 saturated carbocycles. The van der Waals surface area contributed by atoms with Crippen molar-refractivity contribution in [3.8, 4) is 28.1 Å². The van der Waals surface area contributed by atoms with E-state index in [2.05, 4.69) is 10.2 Å². The third-order valence-electron chi connectivity index (χ3n) is 4.61. The summed E-state index contributed by atoms with van der Waals surface area (Å²) in [4.78, 5) is -0.250. The van der Waals surface area contributed by atoms with Crippen molar-refractivity contribution < 1.29 is 22.1 Å². The van der Waals surface area contributed by atoms with Crippen LogP contribution in [0.2, 0.25) is 5.02 Å². The largest absolute Gasteiger partial charge is 0.496 e. The van der Waals surface area contributed by atoms with E-state index in [1.165, 1.54) is 43.6 Å². The van der Waals surface area contributed by atoms with Gasteiger partial charge in [0.05, 0.1) is 18.2 Å². The van der Waals surface area contributed by atoms with Crippen molar-refractivity contribution in [1.82, 2.24) is 10.2 Å². The maximum atomic E-state index is 13.6. The molecule has 3 aromatic carbocycles. The van der Waals surface area contributed by atoms with E-state index in [-0.39, 0.29) is 10.7 Å². The van der Waals surface area contributed by atoms with E-state index in [4.69, 9.17) is 16.3 Å². The molecule has 0 spiro atoms. The zero-order valence-electron chi connectivity index (χ0n) is 15.5. The van der Waals surface area contributed by atoms with Crippen molar-refractivity contribution >= 4 is 32.5 Å². The standard InChI is InChI=1S/C21H14ClFN2O4S/c1-29-20-10-17(12-3-2-4-14(23)7-12)19(22)9-18(20)21-16-6-5-15(30(26,27)28)8-13(16)11-24-25-21/h2-11H,1H3,(H,26,27,28). The molecule has 1 N–H and O–H groups in total. The van der Waals surface area contributed by atoms with Crippen LogP contribution in [0.1, 0.15) is 0 Å². The number of ether oxygens (including phenoxy) is 1. The number of fused-ring (bicyclic) bond motifs is 1. The summed E-state index contributed by atoms with van der Waals surface area (Å²) in [6.45, 7) is 0. The lowest BCUT2D eigenvalue weighted by molar-refractivity contribution is 0.416. The zero-order valence-corrected chi connectivity index (χ0v) is 17.1. The normalized spacial score (nSPS) is 11.6. The van der Waals surface area contributed by atoms with Crippen LogP contribution in [0.4, 0.5) is 4.39 Å². The molecule has 4 rings (SSSR count). The highest BCUT2D eigenvalue weighted by molar-refractivity contribution is 7.85. The first-order chi connectivity index (χ1) is 14.3. The van der Waals surface area contributed by atoms with E-state index in [1.807, 2.05) is 0 Å². The van der Waals surface area contributed by atoms with Crippen molar-refractivity contribution in [3.63, 3.8) is 0 Å². The van der Waals surface area contributed by atoms with Crippen LogP contribution in [-0.2, 0) is 10.1 Å². The molecule has 6 nitrogen and oxygen atoms in total. The quantitative estimate of drug-likeness (QED) is 0.445. The van der Waals surface area contributed by atoms with Gasteiger partial charge < -0.3 is 4.74 Å². The van der Waals surface area contributed by atoms with Crippen LogP contribution in [0.3, 0.4) is 0 Å². The number of rotatable bonds is 4. The van der Waals surface area contributed by atoms with Gasteiger partial charge in [0.15, 0.2) is 0 Å². The number of nitrogens with zero attached hydrogens (tertiary/aromatic N) is 2. The van der Waals surface area contributed by atoms with Crippen molar-refractivity contribution in [2.24, 2.45) is 0 Å². The summed E-state index contributed by atoms with van der Waals surface area (Å²) >= 11 is 6.49. The SMILES string of the molecule is COc1cc(-c2cccc(F)c2)c(Cl)cc1-c1nncc2cc(S(=O)(=O)O)ccc12. The van der Waals surface area contributed by atoms with Crippen molar-refractivity contribution in [2.45, 2.75) is 4.90 Å². The molecule has 0 unspecified atom stereocenters. The maximum absolute atomic E-state index is 13.6. The van der Waals surface area contributed by atoms with E-state index >= 15 is 0 Å². The summed E-state index contributed by atoms with van der Waals surface area (Å²) in [5.41, 5.74) is 2.12. The van der Waals surface area contributed by atoms with Gasteiger partial charge in [-0.25, -0.2) is 4.39 Å². The van der Waals surface area contributed by atoms with Crippen molar-refractivity contribution in [1.29, 1.82) is 0 Å². The Morgan fingerprint density at radius 1 is 1.07 bits per heavy atom. The number of hydrogen-bond donors (Lipinski definition) is 1. The smallest absolute Gasteiger partial charge is 0.294 e. The molecule has 4 aromatic rings. The second-order valence-corrected chi connectivity index (χ2v) is 8.29. The number of hydrogen-bond acceptors (Lipinski definition) is 5. The monoisotopic (exact) mass is 444 g/mol. The number of benzene rings is 3. The molecule has 0 bridgehead atoms. The Bertz CT molecular complexity index is 1390. The lowest BCUT2D eigenvalue weighted by Crippen LogP contribution is -1.99. The summed E-state index contributed by atoms with van der Waals surface area (Å²) in [5, 5.41) is 9.51. The third-order valence-corrected chi connectivity index (χ3v) is 5.77. The molecule has 0 aliphatic heterocycles. The van der Waals surface area contributed by atoms with Crippen LogP contribution in [-0.4, -0.2) is 30.3 Å². The molecule has 9 heteroatoms. The van der Waals surface area contributed by atoms with E-state index in [0.717, 1.165) is 0 Å². The second kappa shape index (κ2) is 7.64. The zero-order chi connectivity index (χ0) is 21.5. The molecular weight excluding hydrogens is 431 g/mol. The minimum Gasteiger partial charge on any atom is -0.496 e. The molecule has 0 amide bonds. The first kappa shape index (κ1) is 20.2. The second-order valence-electron chi connectivity index (χ2n) is 6.46. The molecule has 30 heavy (non-hydrogen) atoms. The van der Waals surface area contributed by atoms with Gasteiger partial charge in [-0.15, -0.1) is 5.10 Å². The summed E-state index contributed by atoms with van der Waals surface area (Å²) < 4.78 is 51.3. The first-order valence-electron chi connectivity index (χ1n) is 8.64. The lowest BCUT2D eigenvalue weighted by Gasteiger charge is -2.14. The average Bonchev–Trinajstić information content (AvgIpc) is 2.72. The number of methoxy groups -OCH3 is 1. The summed E-state index contributed by atoms with van der Waals surface area (Å²) in [5.74, 6) is 0.0421. The van der Waals surface area contributed by atoms with E-state index in [1.54, 1.807) is 24.3 Å². The van der Waals surface area contributed by atoms with Crippen LogP contribution in [0, 0.1) is 5.82 Å². The number of halogens is 2. The minimum atomic E-state index is -4.36. The van der Waals surface area contributed by atoms with Crippen molar-refractivity contribution in [2.75, 3.05) is 7.11 Å². The Morgan fingerprint density at radius 2 is 1.87 bits per heavy atom. The van der Waals surface area contributed by atoms with Crippen LogP contribution >= 0.6 is 11.6 Å². The lowest BCUT2D eigenvalue weighted by atomic mass is 9.99. The highest BCUT2D eigenvalue weighted by Crippen LogP contribution is 2.40. The summed E-state index contributed by atoms with van der Waals surface area (Å²) in [6, 6.07) is 13.5. The van der Waals surface area contributed by atoms with Gasteiger partial charge >= 0.3 is 0 Å². The van der Waals surface area contributed by atoms with Crippen LogP contribution in [0.15, 0.2) is 65.7 Å². The Balaban J connectivity index is 1.92. The molecule has 0 radical (unpaired) electrons. The molecule has 0 aliphatic rings. The molecule has 152 valence electrons. The summed E-state index contributed by atoms with van der Waals surface area (Å²) in [7, 11) is -2.87. The maximum Gasteiger partial charge on any atom is 0.294 e.